The number of nitrogens with one attached hydrogen (secondary N) is 2. The van der Waals surface area contributed by atoms with Crippen molar-refractivity contribution < 1.29 is 22.7 Å². The molecule has 1 aromatic carbocycles. The fourth-order valence-corrected chi connectivity index (χ4v) is 5.38. The summed E-state index contributed by atoms with van der Waals surface area (Å²) in [7, 11) is -3.81. The number of hydrogen-bond acceptors (Lipinski definition) is 6. The molecule has 2 amide bonds. The molecule has 10 heteroatoms. The van der Waals surface area contributed by atoms with E-state index in [1.165, 1.54) is 27.8 Å². The summed E-state index contributed by atoms with van der Waals surface area (Å²) < 4.78 is 33.1. The highest BCUT2D eigenvalue weighted by atomic mass is 32.2. The second kappa shape index (κ2) is 11.4. The van der Waals surface area contributed by atoms with Gasteiger partial charge in [0, 0.05) is 18.8 Å². The molecule has 1 heterocycles. The van der Waals surface area contributed by atoms with E-state index in [2.05, 4.69) is 10.6 Å². The van der Waals surface area contributed by atoms with Gasteiger partial charge >= 0.3 is 0 Å². The predicted molar refractivity (Wildman–Crippen MR) is 127 cm³/mol. The summed E-state index contributed by atoms with van der Waals surface area (Å²) in [6.45, 7) is 9.87. The number of ether oxygens (including phenoxy) is 1. The maximum absolute atomic E-state index is 13.1. The minimum absolute atomic E-state index is 0.00966. The van der Waals surface area contributed by atoms with Gasteiger partial charge in [0.2, 0.25) is 15.9 Å². The molecule has 0 radical (unpaired) electrons. The topological polar surface area (TPSA) is 105 Å². The van der Waals surface area contributed by atoms with Gasteiger partial charge in [-0.05, 0) is 42.5 Å². The van der Waals surface area contributed by atoms with Crippen molar-refractivity contribution in [3.63, 3.8) is 0 Å². The van der Waals surface area contributed by atoms with Crippen LogP contribution in [0.1, 0.15) is 44.3 Å². The SMILES string of the molecule is CCOc1ccc(NC(=O)C(NC(=O)c2cccs2)C(C)C)cc1S(=O)(=O)N(CC)CC. The van der Waals surface area contributed by atoms with E-state index in [0.29, 0.717) is 30.3 Å². The van der Waals surface area contributed by atoms with E-state index in [1.54, 1.807) is 44.4 Å². The maximum Gasteiger partial charge on any atom is 0.262 e. The number of rotatable bonds is 11. The molecule has 8 nitrogen and oxygen atoms in total. The van der Waals surface area contributed by atoms with Crippen LogP contribution in [-0.4, -0.2) is 50.3 Å². The molecule has 0 aliphatic heterocycles. The molecule has 1 atom stereocenters. The Hall–Kier alpha value is -2.43. The summed E-state index contributed by atoms with van der Waals surface area (Å²) in [5.41, 5.74) is 0.306. The number of amides is 2. The molecule has 32 heavy (non-hydrogen) atoms. The van der Waals surface area contributed by atoms with Crippen LogP contribution in [0.15, 0.2) is 40.6 Å². The molecule has 0 aliphatic carbocycles. The number of benzene rings is 1. The van der Waals surface area contributed by atoms with E-state index in [-0.39, 0.29) is 22.5 Å². The van der Waals surface area contributed by atoms with Crippen LogP contribution in [0.25, 0.3) is 0 Å². The van der Waals surface area contributed by atoms with Gasteiger partial charge in [0.05, 0.1) is 11.5 Å². The van der Waals surface area contributed by atoms with E-state index in [0.717, 1.165) is 0 Å². The highest BCUT2D eigenvalue weighted by Gasteiger charge is 2.28. The zero-order chi connectivity index (χ0) is 23.9. The van der Waals surface area contributed by atoms with Crippen molar-refractivity contribution in [1.29, 1.82) is 0 Å². The minimum atomic E-state index is -3.81. The maximum atomic E-state index is 13.1. The largest absolute Gasteiger partial charge is 0.492 e. The lowest BCUT2D eigenvalue weighted by Crippen LogP contribution is -2.47. The predicted octanol–water partition coefficient (Wildman–Crippen LogP) is 3.57. The van der Waals surface area contributed by atoms with Crippen LogP contribution >= 0.6 is 11.3 Å². The van der Waals surface area contributed by atoms with Gasteiger partial charge in [-0.3, -0.25) is 9.59 Å². The molecule has 0 saturated heterocycles. The van der Waals surface area contributed by atoms with Crippen LogP contribution in [0.5, 0.6) is 5.75 Å². The van der Waals surface area contributed by atoms with Crippen molar-refractivity contribution in [2.45, 2.75) is 45.6 Å². The lowest BCUT2D eigenvalue weighted by molar-refractivity contribution is -0.118. The first-order chi connectivity index (χ1) is 15.1. The van der Waals surface area contributed by atoms with Crippen molar-refractivity contribution in [2.75, 3.05) is 25.0 Å². The zero-order valence-corrected chi connectivity index (χ0v) is 20.7. The number of anilines is 1. The van der Waals surface area contributed by atoms with Crippen LogP contribution in [0, 0.1) is 5.92 Å². The third-order valence-corrected chi connectivity index (χ3v) is 7.75. The van der Waals surface area contributed by atoms with Gasteiger partial charge in [-0.15, -0.1) is 11.3 Å². The van der Waals surface area contributed by atoms with Gasteiger partial charge in [-0.25, -0.2) is 8.42 Å². The van der Waals surface area contributed by atoms with E-state index < -0.39 is 22.0 Å². The molecule has 0 bridgehead atoms. The fraction of sp³-hybridized carbons (Fsp3) is 0.455. The van der Waals surface area contributed by atoms with Gasteiger partial charge in [0.15, 0.2) is 0 Å². The van der Waals surface area contributed by atoms with Gasteiger partial charge in [0.25, 0.3) is 5.91 Å². The van der Waals surface area contributed by atoms with E-state index in [1.807, 2.05) is 13.8 Å². The lowest BCUT2D eigenvalue weighted by atomic mass is 10.0. The number of sulfonamides is 1. The molecule has 176 valence electrons. The Labute approximate surface area is 194 Å². The smallest absolute Gasteiger partial charge is 0.262 e. The third-order valence-electron chi connectivity index (χ3n) is 4.82. The van der Waals surface area contributed by atoms with Crippen molar-refractivity contribution in [1.82, 2.24) is 9.62 Å². The quantitative estimate of drug-likeness (QED) is 0.511. The molecule has 0 aliphatic rings. The Morgan fingerprint density at radius 1 is 1.12 bits per heavy atom. The van der Waals surface area contributed by atoms with Crippen LogP contribution in [0.2, 0.25) is 0 Å². The highest BCUT2D eigenvalue weighted by Crippen LogP contribution is 2.30. The first kappa shape index (κ1) is 25.8. The van der Waals surface area contributed by atoms with Crippen molar-refractivity contribution >= 4 is 38.9 Å². The van der Waals surface area contributed by atoms with Gasteiger partial charge < -0.3 is 15.4 Å². The highest BCUT2D eigenvalue weighted by molar-refractivity contribution is 7.89. The Kier molecular flexibility index (Phi) is 9.23. The molecule has 1 aromatic heterocycles. The molecule has 0 fully saturated rings. The Bertz CT molecular complexity index is 1020. The fourth-order valence-electron chi connectivity index (χ4n) is 3.14. The molecular weight excluding hydrogens is 450 g/mol. The summed E-state index contributed by atoms with van der Waals surface area (Å²) in [4.78, 5) is 25.9. The van der Waals surface area contributed by atoms with Gasteiger partial charge in [-0.2, -0.15) is 4.31 Å². The molecular formula is C22H31N3O5S2. The molecule has 1 unspecified atom stereocenters. The normalized spacial score (nSPS) is 12.6. The monoisotopic (exact) mass is 481 g/mol. The Morgan fingerprint density at radius 2 is 1.81 bits per heavy atom. The minimum Gasteiger partial charge on any atom is -0.492 e. The van der Waals surface area contributed by atoms with Crippen molar-refractivity contribution in [3.8, 4) is 5.75 Å². The second-order valence-electron chi connectivity index (χ2n) is 7.35. The number of carbonyl (C=O) groups is 2. The first-order valence-corrected chi connectivity index (χ1v) is 12.9. The van der Waals surface area contributed by atoms with Crippen molar-refractivity contribution in [2.24, 2.45) is 5.92 Å². The van der Waals surface area contributed by atoms with E-state index in [4.69, 9.17) is 4.74 Å². The Balaban J connectivity index is 2.32. The van der Waals surface area contributed by atoms with Crippen LogP contribution < -0.4 is 15.4 Å². The molecule has 2 rings (SSSR count). The summed E-state index contributed by atoms with van der Waals surface area (Å²) in [6, 6.07) is 7.18. The van der Waals surface area contributed by atoms with Crippen LogP contribution in [-0.2, 0) is 14.8 Å². The molecule has 0 saturated carbocycles. The summed E-state index contributed by atoms with van der Waals surface area (Å²) in [6.07, 6.45) is 0. The van der Waals surface area contributed by atoms with Crippen molar-refractivity contribution in [3.05, 3.63) is 40.6 Å². The Morgan fingerprint density at radius 3 is 2.34 bits per heavy atom. The lowest BCUT2D eigenvalue weighted by Gasteiger charge is -2.23. The number of hydrogen-bond donors (Lipinski definition) is 2. The summed E-state index contributed by atoms with van der Waals surface area (Å²) >= 11 is 1.29. The number of thiophene rings is 1. The zero-order valence-electron chi connectivity index (χ0n) is 19.0. The van der Waals surface area contributed by atoms with Gasteiger partial charge in [-0.1, -0.05) is 33.8 Å². The average Bonchev–Trinajstić information content (AvgIpc) is 3.28. The average molecular weight is 482 g/mol. The standard InChI is InChI=1S/C22H31N3O5S2/c1-6-25(7-2)32(28,29)19-14-16(11-12-17(19)30-8-3)23-22(27)20(15(4)5)24-21(26)18-10-9-13-31-18/h9-15,20H,6-8H2,1-5H3,(H,23,27)(H,24,26). The third kappa shape index (κ3) is 6.08. The number of carbonyl (C=O) groups excluding carboxylic acids is 2. The molecule has 0 spiro atoms. The molecule has 2 aromatic rings. The number of nitrogens with zero attached hydrogens (tertiary/aromatic N) is 1. The van der Waals surface area contributed by atoms with Gasteiger partial charge in [0.1, 0.15) is 16.7 Å². The van der Waals surface area contributed by atoms with Crippen LogP contribution in [0.3, 0.4) is 0 Å². The molecule has 2 N–H and O–H groups in total. The first-order valence-electron chi connectivity index (χ1n) is 10.6. The second-order valence-corrected chi connectivity index (χ2v) is 10.2. The summed E-state index contributed by atoms with van der Waals surface area (Å²) in [5.74, 6) is -0.713. The van der Waals surface area contributed by atoms with E-state index >= 15 is 0 Å². The van der Waals surface area contributed by atoms with E-state index in [9.17, 15) is 18.0 Å². The van der Waals surface area contributed by atoms with Crippen LogP contribution in [0.4, 0.5) is 5.69 Å². The summed E-state index contributed by atoms with van der Waals surface area (Å²) in [5, 5.41) is 7.29.